The van der Waals surface area contributed by atoms with Gasteiger partial charge in [-0.15, -0.1) is 0 Å². The van der Waals surface area contributed by atoms with Crippen molar-refractivity contribution in [2.75, 3.05) is 0 Å². The van der Waals surface area contributed by atoms with E-state index < -0.39 is 0 Å². The van der Waals surface area contributed by atoms with Crippen LogP contribution < -0.4 is 0 Å². The first kappa shape index (κ1) is 29.7. The van der Waals surface area contributed by atoms with Crippen LogP contribution in [0.3, 0.4) is 0 Å². The normalized spacial score (nSPS) is 12.0. The quantitative estimate of drug-likeness (QED) is 0.174. The molecule has 53 heavy (non-hydrogen) atoms. The van der Waals surface area contributed by atoms with E-state index in [0.717, 1.165) is 106 Å². The Labute approximate surface area is 304 Å². The van der Waals surface area contributed by atoms with Gasteiger partial charge in [-0.3, -0.25) is 13.5 Å². The predicted molar refractivity (Wildman–Crippen MR) is 217 cm³/mol. The van der Waals surface area contributed by atoms with Gasteiger partial charge >= 0.3 is 0 Å². The second kappa shape index (κ2) is 11.2. The van der Waals surface area contributed by atoms with Gasteiger partial charge in [0.25, 0.3) is 0 Å². The monoisotopic (exact) mass is 680 g/mol. The Bertz CT molecular complexity index is 3240. The standard InChI is InChI=1S/C47H32N6/c1-29-42(51-38-26-14-11-23-35(38)48-45(51)31-17-5-3-6-18-31)30(2)44-41(33-21-9-10-22-34(33)47-50-37-25-13-16-28-40(37)53(44)47)43(29)52-39-27-15-12-24-36(39)49-46(52)32-19-7-4-8-20-32/h3-28H,1-2H3. The van der Waals surface area contributed by atoms with Gasteiger partial charge in [-0.05, 0) is 66.8 Å². The van der Waals surface area contributed by atoms with Crippen LogP contribution in [-0.4, -0.2) is 28.5 Å². The average Bonchev–Trinajstić information content (AvgIpc) is 3.91. The van der Waals surface area contributed by atoms with Crippen molar-refractivity contribution in [1.29, 1.82) is 0 Å². The molecule has 0 spiro atoms. The van der Waals surface area contributed by atoms with Crippen molar-refractivity contribution >= 4 is 60.4 Å². The highest BCUT2D eigenvalue weighted by molar-refractivity contribution is 6.19. The molecular formula is C47H32N6. The maximum Gasteiger partial charge on any atom is 0.146 e. The highest BCUT2D eigenvalue weighted by atomic mass is 15.1. The summed E-state index contributed by atoms with van der Waals surface area (Å²) in [6, 6.07) is 55.2. The SMILES string of the molecule is Cc1c(-n2c(-c3ccccc3)nc3ccccc32)c(C)c2c(c1-n1c(-c3ccccc3)nc3ccccc31)c1ccccc1c1nc3ccccc3n12. The Hall–Kier alpha value is -7.05. The van der Waals surface area contributed by atoms with Crippen molar-refractivity contribution in [1.82, 2.24) is 28.5 Å². The molecule has 6 nitrogen and oxygen atoms in total. The van der Waals surface area contributed by atoms with Gasteiger partial charge in [-0.25, -0.2) is 15.0 Å². The third-order valence-electron chi connectivity index (χ3n) is 10.7. The van der Waals surface area contributed by atoms with E-state index >= 15 is 0 Å². The first-order valence-electron chi connectivity index (χ1n) is 18.0. The number of nitrogens with zero attached hydrogens (tertiary/aromatic N) is 6. The van der Waals surface area contributed by atoms with Crippen LogP contribution in [0.4, 0.5) is 0 Å². The molecule has 4 heterocycles. The second-order valence-corrected chi connectivity index (χ2v) is 13.7. The minimum Gasteiger partial charge on any atom is -0.292 e. The third kappa shape index (κ3) is 4.17. The molecule has 0 saturated carbocycles. The number of imidazole rings is 3. The van der Waals surface area contributed by atoms with Gasteiger partial charge in [0.1, 0.15) is 17.3 Å². The first-order chi connectivity index (χ1) is 26.2. The third-order valence-corrected chi connectivity index (χ3v) is 10.7. The minimum absolute atomic E-state index is 0.893. The van der Waals surface area contributed by atoms with Gasteiger partial charge in [0.05, 0.1) is 50.0 Å². The molecule has 0 aliphatic rings. The summed E-state index contributed by atoms with van der Waals surface area (Å²) in [6.45, 7) is 4.54. The van der Waals surface area contributed by atoms with Crippen LogP contribution in [0.25, 0.3) is 94.6 Å². The lowest BCUT2D eigenvalue weighted by Gasteiger charge is -2.25. The lowest BCUT2D eigenvalue weighted by Crippen LogP contribution is -2.11. The van der Waals surface area contributed by atoms with Gasteiger partial charge in [-0.2, -0.15) is 0 Å². The highest BCUT2D eigenvalue weighted by Crippen LogP contribution is 2.45. The van der Waals surface area contributed by atoms with Crippen molar-refractivity contribution in [3.05, 3.63) is 169 Å². The number of hydrogen-bond acceptors (Lipinski definition) is 3. The number of rotatable bonds is 4. The molecule has 0 amide bonds. The number of aromatic nitrogens is 6. The van der Waals surface area contributed by atoms with Crippen LogP contribution in [-0.2, 0) is 0 Å². The van der Waals surface area contributed by atoms with Gasteiger partial charge in [-0.1, -0.05) is 121 Å². The van der Waals surface area contributed by atoms with E-state index in [2.05, 4.69) is 185 Å². The number of para-hydroxylation sites is 6. The lowest BCUT2D eigenvalue weighted by molar-refractivity contribution is 1.03. The zero-order chi connectivity index (χ0) is 35.2. The van der Waals surface area contributed by atoms with Crippen molar-refractivity contribution in [2.24, 2.45) is 0 Å². The van der Waals surface area contributed by atoms with Gasteiger partial charge in [0, 0.05) is 21.9 Å². The van der Waals surface area contributed by atoms with Gasteiger partial charge < -0.3 is 0 Å². The molecule has 0 fully saturated rings. The van der Waals surface area contributed by atoms with Crippen LogP contribution in [0.5, 0.6) is 0 Å². The summed E-state index contributed by atoms with van der Waals surface area (Å²) < 4.78 is 7.15. The summed E-state index contributed by atoms with van der Waals surface area (Å²) in [5.74, 6) is 1.79. The molecule has 250 valence electrons. The molecule has 4 aromatic heterocycles. The summed E-state index contributed by atoms with van der Waals surface area (Å²) >= 11 is 0. The zero-order valence-electron chi connectivity index (χ0n) is 29.2. The molecule has 11 aromatic rings. The van der Waals surface area contributed by atoms with Crippen LogP contribution in [0.2, 0.25) is 0 Å². The molecule has 0 aliphatic carbocycles. The van der Waals surface area contributed by atoms with Gasteiger partial charge in [0.2, 0.25) is 0 Å². The Morgan fingerprint density at radius 3 is 1.43 bits per heavy atom. The lowest BCUT2D eigenvalue weighted by atomic mass is 9.95. The Morgan fingerprint density at radius 1 is 0.396 bits per heavy atom. The Kier molecular flexibility index (Phi) is 6.28. The number of benzene rings is 7. The summed E-state index contributed by atoms with van der Waals surface area (Å²) in [6.07, 6.45) is 0. The van der Waals surface area contributed by atoms with E-state index in [9.17, 15) is 0 Å². The first-order valence-corrected chi connectivity index (χ1v) is 18.0. The fraction of sp³-hybridized carbons (Fsp3) is 0.0426. The Morgan fingerprint density at radius 2 is 0.849 bits per heavy atom. The molecule has 0 saturated heterocycles. The zero-order valence-corrected chi connectivity index (χ0v) is 29.2. The van der Waals surface area contributed by atoms with Crippen molar-refractivity contribution in [2.45, 2.75) is 13.8 Å². The van der Waals surface area contributed by atoms with E-state index in [0.29, 0.717) is 0 Å². The minimum atomic E-state index is 0.893. The maximum absolute atomic E-state index is 5.34. The number of hydrogen-bond donors (Lipinski definition) is 0. The fourth-order valence-corrected chi connectivity index (χ4v) is 8.54. The van der Waals surface area contributed by atoms with Crippen molar-refractivity contribution < 1.29 is 0 Å². The van der Waals surface area contributed by atoms with E-state index in [1.165, 1.54) is 0 Å². The fourth-order valence-electron chi connectivity index (χ4n) is 8.54. The Balaban J connectivity index is 1.44. The number of fused-ring (bicyclic) bond motifs is 10. The van der Waals surface area contributed by atoms with E-state index in [1.807, 2.05) is 0 Å². The van der Waals surface area contributed by atoms with Gasteiger partial charge in [0.15, 0.2) is 0 Å². The van der Waals surface area contributed by atoms with Crippen LogP contribution >= 0.6 is 0 Å². The molecule has 6 heteroatoms. The van der Waals surface area contributed by atoms with Crippen LogP contribution in [0.15, 0.2) is 158 Å². The van der Waals surface area contributed by atoms with E-state index in [4.69, 9.17) is 15.0 Å². The summed E-state index contributed by atoms with van der Waals surface area (Å²) in [5, 5.41) is 3.40. The molecular weight excluding hydrogens is 649 g/mol. The largest absolute Gasteiger partial charge is 0.292 e. The molecule has 0 radical (unpaired) electrons. The van der Waals surface area contributed by atoms with Crippen LogP contribution in [0, 0.1) is 13.8 Å². The topological polar surface area (TPSA) is 52.9 Å². The summed E-state index contributed by atoms with van der Waals surface area (Å²) in [7, 11) is 0. The van der Waals surface area contributed by atoms with Crippen LogP contribution in [0.1, 0.15) is 11.1 Å². The highest BCUT2D eigenvalue weighted by Gasteiger charge is 2.28. The predicted octanol–water partition coefficient (Wildman–Crippen LogP) is 11.4. The van der Waals surface area contributed by atoms with Crippen molar-refractivity contribution in [3.8, 4) is 34.2 Å². The number of aryl methyl sites for hydroxylation is 1. The molecule has 0 bridgehead atoms. The summed E-state index contributed by atoms with van der Waals surface area (Å²) in [4.78, 5) is 15.9. The van der Waals surface area contributed by atoms with E-state index in [-0.39, 0.29) is 0 Å². The molecule has 0 unspecified atom stereocenters. The average molecular weight is 681 g/mol. The molecule has 11 rings (SSSR count). The van der Waals surface area contributed by atoms with Crippen molar-refractivity contribution in [3.63, 3.8) is 0 Å². The maximum atomic E-state index is 5.34. The molecule has 7 aromatic carbocycles. The molecule has 0 N–H and O–H groups in total. The molecule has 0 atom stereocenters. The molecule has 0 aliphatic heterocycles. The number of pyridine rings is 1. The second-order valence-electron chi connectivity index (χ2n) is 13.7. The smallest absolute Gasteiger partial charge is 0.146 e. The summed E-state index contributed by atoms with van der Waals surface area (Å²) in [5.41, 5.74) is 14.6. The van der Waals surface area contributed by atoms with E-state index in [1.54, 1.807) is 0 Å².